The van der Waals surface area contributed by atoms with E-state index in [0.717, 1.165) is 18.7 Å². The summed E-state index contributed by atoms with van der Waals surface area (Å²) in [5.41, 5.74) is 6.40. The number of ether oxygens (including phenoxy) is 1. The highest BCUT2D eigenvalue weighted by Gasteiger charge is 2.43. The molecule has 2 aliphatic heterocycles. The molecule has 2 N–H and O–H groups in total. The molecule has 1 aromatic rings. The minimum Gasteiger partial charge on any atom is -0.368 e. The number of likely N-dealkylation sites (tertiary alicyclic amines) is 1. The van der Waals surface area contributed by atoms with Gasteiger partial charge in [-0.05, 0) is 17.7 Å². The molecular formula is C14H18N4O3. The minimum absolute atomic E-state index is 0.0253. The van der Waals surface area contributed by atoms with Crippen molar-refractivity contribution in [3.8, 4) is 0 Å². The van der Waals surface area contributed by atoms with E-state index in [1.165, 1.54) is 0 Å². The molecular weight excluding hydrogens is 272 g/mol. The third-order valence-corrected chi connectivity index (χ3v) is 3.94. The lowest BCUT2D eigenvalue weighted by Gasteiger charge is -2.35. The fourth-order valence-electron chi connectivity index (χ4n) is 2.99. The van der Waals surface area contributed by atoms with Gasteiger partial charge in [-0.1, -0.05) is 0 Å². The molecule has 0 spiro atoms. The van der Waals surface area contributed by atoms with Gasteiger partial charge in [0.25, 0.3) is 0 Å². The largest absolute Gasteiger partial charge is 0.368 e. The number of aromatic nitrogens is 1. The van der Waals surface area contributed by atoms with Gasteiger partial charge in [-0.25, -0.2) is 0 Å². The quantitative estimate of drug-likeness (QED) is 0.766. The highest BCUT2D eigenvalue weighted by molar-refractivity contribution is 5.85. The number of rotatable bonds is 4. The van der Waals surface area contributed by atoms with Crippen molar-refractivity contribution < 1.29 is 14.3 Å². The average Bonchev–Trinajstić information content (AvgIpc) is 2.86. The lowest BCUT2D eigenvalue weighted by Crippen LogP contribution is -2.56. The first-order chi connectivity index (χ1) is 10.1. The zero-order chi connectivity index (χ0) is 14.8. The van der Waals surface area contributed by atoms with Crippen LogP contribution in [0, 0.1) is 0 Å². The third kappa shape index (κ3) is 3.03. The number of carbonyl (C=O) groups excluding carboxylic acids is 2. The number of hydrogen-bond donors (Lipinski definition) is 1. The SMILES string of the molecule is NC(=O)CN1C(=O)COC2CN(Cc3ccncc3)CC21. The minimum atomic E-state index is -0.489. The molecule has 2 amide bonds. The maximum atomic E-state index is 11.9. The van der Waals surface area contributed by atoms with Crippen LogP contribution in [-0.4, -0.2) is 65.0 Å². The fraction of sp³-hybridized carbons (Fsp3) is 0.500. The van der Waals surface area contributed by atoms with Crippen LogP contribution in [0.4, 0.5) is 0 Å². The van der Waals surface area contributed by atoms with E-state index >= 15 is 0 Å². The zero-order valence-electron chi connectivity index (χ0n) is 11.6. The van der Waals surface area contributed by atoms with Crippen molar-refractivity contribution >= 4 is 11.8 Å². The summed E-state index contributed by atoms with van der Waals surface area (Å²) in [6, 6.07) is 3.84. The Hall–Kier alpha value is -1.99. The van der Waals surface area contributed by atoms with Crippen LogP contribution in [0.5, 0.6) is 0 Å². The Morgan fingerprint density at radius 1 is 1.38 bits per heavy atom. The maximum absolute atomic E-state index is 11.9. The van der Waals surface area contributed by atoms with Crippen LogP contribution < -0.4 is 5.73 Å². The van der Waals surface area contributed by atoms with Gasteiger partial charge in [0.2, 0.25) is 11.8 Å². The van der Waals surface area contributed by atoms with E-state index in [2.05, 4.69) is 9.88 Å². The van der Waals surface area contributed by atoms with Gasteiger partial charge in [-0.15, -0.1) is 0 Å². The Morgan fingerprint density at radius 2 is 2.14 bits per heavy atom. The lowest BCUT2D eigenvalue weighted by molar-refractivity contribution is -0.155. The molecule has 0 saturated carbocycles. The normalized spacial score (nSPS) is 25.9. The van der Waals surface area contributed by atoms with Crippen molar-refractivity contribution in [3.63, 3.8) is 0 Å². The van der Waals surface area contributed by atoms with E-state index in [9.17, 15) is 9.59 Å². The van der Waals surface area contributed by atoms with Gasteiger partial charge in [-0.3, -0.25) is 19.5 Å². The third-order valence-electron chi connectivity index (χ3n) is 3.94. The predicted octanol–water partition coefficient (Wildman–Crippen LogP) is -1.02. The molecule has 21 heavy (non-hydrogen) atoms. The molecule has 2 unspecified atom stereocenters. The van der Waals surface area contributed by atoms with Crippen molar-refractivity contribution in [2.45, 2.75) is 18.7 Å². The van der Waals surface area contributed by atoms with Crippen LogP contribution in [0.25, 0.3) is 0 Å². The Bertz CT molecular complexity index is 536. The van der Waals surface area contributed by atoms with E-state index in [0.29, 0.717) is 6.54 Å². The number of nitrogens with zero attached hydrogens (tertiary/aromatic N) is 3. The summed E-state index contributed by atoms with van der Waals surface area (Å²) in [6.45, 7) is 2.20. The summed E-state index contributed by atoms with van der Waals surface area (Å²) in [5, 5.41) is 0. The summed E-state index contributed by atoms with van der Waals surface area (Å²) < 4.78 is 5.60. The number of hydrogen-bond acceptors (Lipinski definition) is 5. The van der Waals surface area contributed by atoms with E-state index in [4.69, 9.17) is 10.5 Å². The fourth-order valence-corrected chi connectivity index (χ4v) is 2.99. The highest BCUT2D eigenvalue weighted by atomic mass is 16.5. The number of pyridine rings is 1. The Balaban J connectivity index is 1.68. The highest BCUT2D eigenvalue weighted by Crippen LogP contribution is 2.24. The summed E-state index contributed by atoms with van der Waals surface area (Å²) in [4.78, 5) is 30.8. The molecule has 2 atom stereocenters. The molecule has 0 aliphatic carbocycles. The molecule has 112 valence electrons. The molecule has 2 aliphatic rings. The van der Waals surface area contributed by atoms with Crippen molar-refractivity contribution in [3.05, 3.63) is 30.1 Å². The van der Waals surface area contributed by atoms with E-state index in [1.807, 2.05) is 12.1 Å². The predicted molar refractivity (Wildman–Crippen MR) is 73.9 cm³/mol. The molecule has 0 aromatic carbocycles. The summed E-state index contributed by atoms with van der Waals surface area (Å²) in [6.07, 6.45) is 3.47. The van der Waals surface area contributed by atoms with Gasteiger partial charge in [0.15, 0.2) is 0 Å². The van der Waals surface area contributed by atoms with Crippen molar-refractivity contribution in [1.82, 2.24) is 14.8 Å². The first kappa shape index (κ1) is 14.0. The molecule has 7 nitrogen and oxygen atoms in total. The monoisotopic (exact) mass is 290 g/mol. The van der Waals surface area contributed by atoms with Crippen LogP contribution in [0.1, 0.15) is 5.56 Å². The Morgan fingerprint density at radius 3 is 2.86 bits per heavy atom. The van der Waals surface area contributed by atoms with Crippen molar-refractivity contribution in [2.75, 3.05) is 26.2 Å². The number of nitrogens with two attached hydrogens (primary N) is 1. The van der Waals surface area contributed by atoms with Crippen LogP contribution in [0.3, 0.4) is 0 Å². The molecule has 1 aromatic heterocycles. The number of amides is 2. The van der Waals surface area contributed by atoms with Crippen LogP contribution in [-0.2, 0) is 20.9 Å². The van der Waals surface area contributed by atoms with E-state index < -0.39 is 5.91 Å². The second kappa shape index (κ2) is 5.79. The maximum Gasteiger partial charge on any atom is 0.249 e. The average molecular weight is 290 g/mol. The second-order valence-corrected chi connectivity index (χ2v) is 5.45. The molecule has 3 heterocycles. The number of primary amides is 1. The summed E-state index contributed by atoms with van der Waals surface area (Å²) in [5.74, 6) is -0.655. The van der Waals surface area contributed by atoms with Crippen LogP contribution in [0.2, 0.25) is 0 Å². The summed E-state index contributed by atoms with van der Waals surface area (Å²) in [7, 11) is 0. The molecule has 0 radical (unpaired) electrons. The zero-order valence-corrected chi connectivity index (χ0v) is 11.6. The molecule has 2 saturated heterocycles. The van der Waals surface area contributed by atoms with Gasteiger partial charge in [0, 0.05) is 32.0 Å². The van der Waals surface area contributed by atoms with Gasteiger partial charge in [0.1, 0.15) is 6.61 Å². The van der Waals surface area contributed by atoms with Crippen molar-refractivity contribution in [2.24, 2.45) is 5.73 Å². The van der Waals surface area contributed by atoms with Crippen LogP contribution in [0.15, 0.2) is 24.5 Å². The number of morpholine rings is 1. The molecule has 0 bridgehead atoms. The second-order valence-electron chi connectivity index (χ2n) is 5.45. The first-order valence-corrected chi connectivity index (χ1v) is 6.94. The standard InChI is InChI=1S/C14H18N4O3/c15-13(19)8-18-11-6-17(5-10-1-3-16-4-2-10)7-12(11)21-9-14(18)20/h1-4,11-12H,5-9H2,(H2,15,19). The lowest BCUT2D eigenvalue weighted by atomic mass is 10.1. The molecule has 7 heteroatoms. The Kier molecular flexibility index (Phi) is 3.85. The van der Waals surface area contributed by atoms with Gasteiger partial charge in [-0.2, -0.15) is 0 Å². The van der Waals surface area contributed by atoms with E-state index in [-0.39, 0.29) is 31.2 Å². The molecule has 2 fully saturated rings. The first-order valence-electron chi connectivity index (χ1n) is 6.94. The topological polar surface area (TPSA) is 88.8 Å². The summed E-state index contributed by atoms with van der Waals surface area (Å²) >= 11 is 0. The van der Waals surface area contributed by atoms with Crippen LogP contribution >= 0.6 is 0 Å². The van der Waals surface area contributed by atoms with Gasteiger partial charge >= 0.3 is 0 Å². The van der Waals surface area contributed by atoms with Crippen molar-refractivity contribution in [1.29, 1.82) is 0 Å². The van der Waals surface area contributed by atoms with E-state index in [1.54, 1.807) is 17.3 Å². The number of carbonyl (C=O) groups is 2. The van der Waals surface area contributed by atoms with Gasteiger partial charge in [0.05, 0.1) is 18.7 Å². The molecule has 3 rings (SSSR count). The number of fused-ring (bicyclic) bond motifs is 1. The Labute approximate surface area is 122 Å². The van der Waals surface area contributed by atoms with Gasteiger partial charge < -0.3 is 15.4 Å². The smallest absolute Gasteiger partial charge is 0.249 e.